The summed E-state index contributed by atoms with van der Waals surface area (Å²) in [5, 5.41) is 9.82. The molecule has 80 heavy (non-hydrogen) atoms. The van der Waals surface area contributed by atoms with Gasteiger partial charge in [0.25, 0.3) is 0 Å². The van der Waals surface area contributed by atoms with E-state index in [9.17, 15) is 0 Å². The van der Waals surface area contributed by atoms with E-state index in [2.05, 4.69) is 298 Å². The molecular weight excluding hydrogens is 969 g/mol. The summed E-state index contributed by atoms with van der Waals surface area (Å²) in [4.78, 5) is 0. The monoisotopic (exact) mass is 1020 g/mol. The van der Waals surface area contributed by atoms with Crippen molar-refractivity contribution in [3.63, 3.8) is 0 Å². The lowest BCUT2D eigenvalue weighted by atomic mass is 9.67. The number of para-hydroxylation sites is 8. The molecular formula is C76H51N4-. The Morgan fingerprint density at radius 3 is 0.863 bits per heavy atom. The van der Waals surface area contributed by atoms with Crippen LogP contribution in [0, 0.1) is 6.92 Å². The van der Waals surface area contributed by atoms with Crippen LogP contribution in [-0.4, -0.2) is 18.3 Å². The third kappa shape index (κ3) is 6.16. The highest BCUT2D eigenvalue weighted by atomic mass is 15.0. The number of aromatic nitrogens is 4. The average molecular weight is 1020 g/mol. The zero-order valence-corrected chi connectivity index (χ0v) is 43.9. The second-order valence-electron chi connectivity index (χ2n) is 21.7. The summed E-state index contributed by atoms with van der Waals surface area (Å²) in [6.45, 7) is 4.46. The predicted octanol–water partition coefficient (Wildman–Crippen LogP) is 19.2. The van der Waals surface area contributed by atoms with Crippen molar-refractivity contribution >= 4 is 87.2 Å². The van der Waals surface area contributed by atoms with Crippen LogP contribution in [-0.2, 0) is 11.8 Å². The Morgan fingerprint density at radius 1 is 0.275 bits per heavy atom. The number of hydrogen-bond acceptors (Lipinski definition) is 0. The fourth-order valence-electron chi connectivity index (χ4n) is 14.5. The molecule has 0 N–H and O–H groups in total. The van der Waals surface area contributed by atoms with Gasteiger partial charge in [0.05, 0.1) is 49.5 Å². The molecule has 4 heteroatoms. The lowest BCUT2D eigenvalue weighted by molar-refractivity contribution is 0.762. The van der Waals surface area contributed by atoms with Gasteiger partial charge in [0.15, 0.2) is 0 Å². The van der Waals surface area contributed by atoms with Gasteiger partial charge in [-0.3, -0.25) is 0 Å². The van der Waals surface area contributed by atoms with Crippen LogP contribution < -0.4 is 0 Å². The second kappa shape index (κ2) is 17.2. The van der Waals surface area contributed by atoms with Gasteiger partial charge in [-0.1, -0.05) is 194 Å². The highest BCUT2D eigenvalue weighted by Gasteiger charge is 2.48. The molecule has 0 fully saturated rings. The summed E-state index contributed by atoms with van der Waals surface area (Å²) in [5.41, 5.74) is 21.6. The highest BCUT2D eigenvalue weighted by Crippen LogP contribution is 2.59. The van der Waals surface area contributed by atoms with Crippen molar-refractivity contribution in [1.82, 2.24) is 18.3 Å². The number of benzene rings is 12. The van der Waals surface area contributed by atoms with Gasteiger partial charge in [-0.05, 0) is 124 Å². The average Bonchev–Trinajstić information content (AvgIpc) is 4.38. The van der Waals surface area contributed by atoms with Gasteiger partial charge in [0, 0.05) is 65.8 Å². The first-order chi connectivity index (χ1) is 39.7. The molecule has 0 amide bonds. The van der Waals surface area contributed by atoms with Crippen LogP contribution in [0.1, 0.15) is 34.2 Å². The maximum absolute atomic E-state index is 4.46. The summed E-state index contributed by atoms with van der Waals surface area (Å²) in [6.07, 6.45) is 1.64. The number of rotatable bonds is 8. The molecule has 376 valence electrons. The van der Waals surface area contributed by atoms with Crippen molar-refractivity contribution in [3.05, 3.63) is 308 Å². The standard InChI is InChI=1S/C76H51N4/c1-2-22-49-23-21-34-66-75(49)64-32-3-12-33-65(64)76(66,50-43-52(77-67-35-13-4-24-56(67)57-25-5-14-36-68(57)77)47-53(44-50)78-69-37-15-6-26-58(69)59-27-7-16-38-70(59)78)51-45-54(79-71-39-17-8-28-60(71)61-29-9-18-40-72(61)79)48-55(46-51)80-73-41-19-10-30-62(73)63-31-11-20-42-74(63)80/h3-21,23-48H,1-2,22H2/q-1. The maximum atomic E-state index is 4.46. The van der Waals surface area contributed by atoms with Crippen LogP contribution in [0.2, 0.25) is 0 Å². The molecule has 1 aliphatic carbocycles. The fourth-order valence-corrected chi connectivity index (χ4v) is 14.5. The van der Waals surface area contributed by atoms with Crippen LogP contribution in [0.4, 0.5) is 0 Å². The highest BCUT2D eigenvalue weighted by molar-refractivity contribution is 6.13. The summed E-state index contributed by atoms with van der Waals surface area (Å²) in [6, 6.07) is 103. The van der Waals surface area contributed by atoms with E-state index in [1.54, 1.807) is 0 Å². The minimum atomic E-state index is -0.867. The van der Waals surface area contributed by atoms with Crippen molar-refractivity contribution < 1.29 is 0 Å². The van der Waals surface area contributed by atoms with E-state index >= 15 is 0 Å². The Kier molecular flexibility index (Phi) is 9.64. The molecule has 0 radical (unpaired) electrons. The van der Waals surface area contributed by atoms with E-state index in [0.29, 0.717) is 0 Å². The van der Waals surface area contributed by atoms with Gasteiger partial charge >= 0.3 is 0 Å². The number of nitrogens with zero attached hydrogens (tertiary/aromatic N) is 4. The molecule has 0 saturated heterocycles. The Labute approximate surface area is 462 Å². The second-order valence-corrected chi connectivity index (χ2v) is 21.7. The molecule has 0 bridgehead atoms. The lowest BCUT2D eigenvalue weighted by Crippen LogP contribution is -2.29. The van der Waals surface area contributed by atoms with E-state index in [1.165, 1.54) is 126 Å². The number of fused-ring (bicyclic) bond motifs is 15. The molecule has 17 rings (SSSR count). The van der Waals surface area contributed by atoms with Crippen LogP contribution in [0.25, 0.3) is 121 Å². The summed E-state index contributed by atoms with van der Waals surface area (Å²) in [7, 11) is 0. The third-order valence-electron chi connectivity index (χ3n) is 17.6. The van der Waals surface area contributed by atoms with E-state index in [0.717, 1.165) is 35.6 Å². The first kappa shape index (κ1) is 44.9. The minimum absolute atomic E-state index is 0.786. The van der Waals surface area contributed by atoms with Gasteiger partial charge in [-0.15, -0.1) is 0 Å². The summed E-state index contributed by atoms with van der Waals surface area (Å²) < 4.78 is 10.0. The molecule has 0 spiro atoms. The molecule has 16 aromatic rings. The number of hydrogen-bond donors (Lipinski definition) is 0. The molecule has 4 aromatic heterocycles. The van der Waals surface area contributed by atoms with Crippen LogP contribution in [0.5, 0.6) is 0 Å². The van der Waals surface area contributed by atoms with Crippen LogP contribution in [0.15, 0.2) is 273 Å². The normalized spacial score (nSPS) is 13.0. The van der Waals surface area contributed by atoms with Crippen molar-refractivity contribution in [3.8, 4) is 33.9 Å². The van der Waals surface area contributed by atoms with E-state index in [4.69, 9.17) is 0 Å². The molecule has 0 saturated carbocycles. The van der Waals surface area contributed by atoms with Gasteiger partial charge in [-0.2, -0.15) is 6.42 Å². The quantitative estimate of drug-likeness (QED) is 0.135. The molecule has 1 aliphatic rings. The van der Waals surface area contributed by atoms with E-state index < -0.39 is 5.41 Å². The first-order valence-corrected chi connectivity index (χ1v) is 27.9. The Balaban J connectivity index is 1.09. The van der Waals surface area contributed by atoms with Crippen molar-refractivity contribution in [1.29, 1.82) is 0 Å². The molecule has 0 unspecified atom stereocenters. The van der Waals surface area contributed by atoms with Crippen LogP contribution in [0.3, 0.4) is 0 Å². The van der Waals surface area contributed by atoms with Crippen molar-refractivity contribution in [2.45, 2.75) is 18.3 Å². The SMILES string of the molecule is [CH2-]CCc1cccc2c1-c1ccccc1C2(c1cc(-n2c3ccccc3c3ccccc32)cc(-n2c3ccccc3c3ccccc32)c1)c1cc(-n2c3ccccc3c3ccccc32)cc(-n2c3ccccc3c3ccccc32)c1. The minimum Gasteiger partial charge on any atom is -0.343 e. The summed E-state index contributed by atoms with van der Waals surface area (Å²) in [5.74, 6) is 0. The largest absolute Gasteiger partial charge is 0.343 e. The molecule has 0 atom stereocenters. The Bertz CT molecular complexity index is 4480. The Hall–Kier alpha value is -10.2. The zero-order chi connectivity index (χ0) is 52.6. The molecule has 4 heterocycles. The predicted molar refractivity (Wildman–Crippen MR) is 335 cm³/mol. The van der Waals surface area contributed by atoms with Gasteiger partial charge in [0.2, 0.25) is 0 Å². The van der Waals surface area contributed by atoms with E-state index in [-0.39, 0.29) is 0 Å². The zero-order valence-electron chi connectivity index (χ0n) is 43.9. The van der Waals surface area contributed by atoms with Crippen molar-refractivity contribution in [2.24, 2.45) is 0 Å². The van der Waals surface area contributed by atoms with Crippen molar-refractivity contribution in [2.75, 3.05) is 0 Å². The smallest absolute Gasteiger partial charge is 0.0716 e. The summed E-state index contributed by atoms with van der Waals surface area (Å²) >= 11 is 0. The fraction of sp³-hybridized carbons (Fsp3) is 0.0395. The topological polar surface area (TPSA) is 19.7 Å². The maximum Gasteiger partial charge on any atom is 0.0716 e. The van der Waals surface area contributed by atoms with Crippen LogP contribution >= 0.6 is 0 Å². The van der Waals surface area contributed by atoms with Gasteiger partial charge < -0.3 is 25.2 Å². The lowest BCUT2D eigenvalue weighted by Gasteiger charge is -2.36. The first-order valence-electron chi connectivity index (χ1n) is 27.9. The number of aryl methyl sites for hydroxylation is 1. The molecule has 12 aromatic carbocycles. The van der Waals surface area contributed by atoms with Gasteiger partial charge in [-0.25, -0.2) is 0 Å². The molecule has 4 nitrogen and oxygen atoms in total. The third-order valence-corrected chi connectivity index (χ3v) is 17.6. The van der Waals surface area contributed by atoms with E-state index in [1.807, 2.05) is 0 Å². The molecule has 0 aliphatic heterocycles. The van der Waals surface area contributed by atoms with Gasteiger partial charge in [0.1, 0.15) is 0 Å². The Morgan fingerprint density at radius 2 is 0.550 bits per heavy atom.